The van der Waals surface area contributed by atoms with Crippen molar-refractivity contribution in [1.29, 1.82) is 0 Å². The maximum atomic E-state index is 12.6. The highest BCUT2D eigenvalue weighted by Gasteiger charge is 2.48. The molecule has 1 aromatic carbocycles. The van der Waals surface area contributed by atoms with Gasteiger partial charge in [-0.15, -0.1) is 0 Å². The molecule has 7 nitrogen and oxygen atoms in total. The first-order valence-corrected chi connectivity index (χ1v) is 9.57. The third kappa shape index (κ3) is 3.13. The third-order valence-corrected chi connectivity index (χ3v) is 6.27. The first-order valence-electron chi connectivity index (χ1n) is 9.57. The van der Waals surface area contributed by atoms with Crippen LogP contribution in [0.1, 0.15) is 34.6 Å². The second-order valence-corrected chi connectivity index (χ2v) is 8.66. The maximum Gasteiger partial charge on any atom is 0.261 e. The minimum Gasteiger partial charge on any atom is -1.00 e. The Bertz CT molecular complexity index is 798. The number of halogens is 1. The predicted molar refractivity (Wildman–Crippen MR) is 100 cm³/mol. The van der Waals surface area contributed by atoms with Crippen LogP contribution in [0.25, 0.3) is 0 Å². The van der Waals surface area contributed by atoms with Crippen LogP contribution >= 0.6 is 0 Å². The summed E-state index contributed by atoms with van der Waals surface area (Å²) in [7, 11) is 0. The summed E-state index contributed by atoms with van der Waals surface area (Å²) in [5.41, 5.74) is 3.46. The second kappa shape index (κ2) is 7.03. The molecule has 5 heterocycles. The fourth-order valence-corrected chi connectivity index (χ4v) is 5.20. The van der Waals surface area contributed by atoms with Crippen molar-refractivity contribution in [3.05, 3.63) is 46.5 Å². The predicted octanol–water partition coefficient (Wildman–Crippen LogP) is -1.87. The van der Waals surface area contributed by atoms with E-state index >= 15 is 0 Å². The van der Waals surface area contributed by atoms with Crippen molar-refractivity contribution < 1.29 is 31.1 Å². The Balaban J connectivity index is 0.00000192. The third-order valence-electron chi connectivity index (χ3n) is 6.27. The number of carbonyl (C=O) groups is 2. The van der Waals surface area contributed by atoms with Gasteiger partial charge in [0.1, 0.15) is 26.6 Å². The van der Waals surface area contributed by atoms with Crippen LogP contribution in [0, 0.1) is 0 Å². The fraction of sp³-hybridized carbons (Fsp3) is 0.500. The molecule has 0 N–H and O–H groups in total. The van der Waals surface area contributed by atoms with Gasteiger partial charge in [0.2, 0.25) is 0 Å². The van der Waals surface area contributed by atoms with Crippen LogP contribution in [0.2, 0.25) is 0 Å². The van der Waals surface area contributed by atoms with Crippen LogP contribution in [0.5, 0.6) is 0 Å². The van der Waals surface area contributed by atoms with Gasteiger partial charge in [0.05, 0.1) is 37.7 Å². The van der Waals surface area contributed by atoms with E-state index in [9.17, 15) is 9.59 Å². The lowest BCUT2D eigenvalue weighted by Gasteiger charge is -2.61. The van der Waals surface area contributed by atoms with Crippen LogP contribution in [0.3, 0.4) is 0 Å². The number of quaternary nitrogens is 1. The number of hydrogen-bond donors (Lipinski definition) is 0. The zero-order valence-corrected chi connectivity index (χ0v) is 18.0. The Morgan fingerprint density at radius 2 is 1.32 bits per heavy atom. The minimum absolute atomic E-state index is 0. The van der Waals surface area contributed by atoms with Crippen LogP contribution in [0.15, 0.2) is 35.4 Å². The molecule has 5 aliphatic rings. The van der Waals surface area contributed by atoms with Crippen LogP contribution < -0.4 is 17.0 Å². The van der Waals surface area contributed by atoms with E-state index in [-0.39, 0.29) is 28.8 Å². The normalized spacial score (nSPS) is 33.6. The number of rotatable bonds is 4. The van der Waals surface area contributed by atoms with Crippen molar-refractivity contribution in [2.24, 2.45) is 0 Å². The number of fused-ring (bicyclic) bond motifs is 1. The molecule has 1 aromatic rings. The highest BCUT2D eigenvalue weighted by molar-refractivity contribution is 6.21. The van der Waals surface area contributed by atoms with Crippen molar-refractivity contribution in [2.45, 2.75) is 13.8 Å². The van der Waals surface area contributed by atoms with Crippen molar-refractivity contribution in [1.82, 2.24) is 19.6 Å². The summed E-state index contributed by atoms with van der Waals surface area (Å²) < 4.78 is 1.03. The Labute approximate surface area is 176 Å². The van der Waals surface area contributed by atoms with Gasteiger partial charge < -0.3 is 17.0 Å². The van der Waals surface area contributed by atoms with Crippen LogP contribution in [-0.4, -0.2) is 89.0 Å². The monoisotopic (exact) mass is 447 g/mol. The SMILES string of the molecule is C/C(CN1C(=O)c2ccccc2C1=O)=C(/C)C[N+]12CN3CN(CN(C3)C1)C2.[Br-]. The van der Waals surface area contributed by atoms with Gasteiger partial charge in [-0.25, -0.2) is 14.7 Å². The topological polar surface area (TPSA) is 47.1 Å². The zero-order chi connectivity index (χ0) is 18.8. The molecule has 4 saturated heterocycles. The second-order valence-electron chi connectivity index (χ2n) is 8.66. The zero-order valence-electron chi connectivity index (χ0n) is 16.4. The molecule has 2 amide bonds. The fourth-order valence-electron chi connectivity index (χ4n) is 5.20. The molecule has 0 atom stereocenters. The highest BCUT2D eigenvalue weighted by atomic mass is 79.9. The molecule has 0 unspecified atom stereocenters. The summed E-state index contributed by atoms with van der Waals surface area (Å²) in [5.74, 6) is -0.342. The summed E-state index contributed by atoms with van der Waals surface area (Å²) in [5, 5.41) is 0. The summed E-state index contributed by atoms with van der Waals surface area (Å²) >= 11 is 0. The molecule has 0 aromatic heterocycles. The number of hydrogen-bond acceptors (Lipinski definition) is 5. The number of nitrogens with zero attached hydrogens (tertiary/aromatic N) is 5. The molecule has 6 rings (SSSR count). The average molecular weight is 448 g/mol. The lowest BCUT2D eigenvalue weighted by molar-refractivity contribution is -0.976. The van der Waals surface area contributed by atoms with Gasteiger partial charge in [-0.3, -0.25) is 19.0 Å². The van der Waals surface area contributed by atoms with Gasteiger partial charge in [-0.2, -0.15) is 0 Å². The summed E-state index contributed by atoms with van der Waals surface area (Å²) in [6.07, 6.45) is 0. The molecule has 5 aliphatic heterocycles. The van der Waals surface area contributed by atoms with E-state index in [2.05, 4.69) is 28.5 Å². The van der Waals surface area contributed by atoms with Gasteiger partial charge in [-0.1, -0.05) is 12.1 Å². The number of benzene rings is 1. The van der Waals surface area contributed by atoms with E-state index < -0.39 is 0 Å². The lowest BCUT2D eigenvalue weighted by atomic mass is 10.1. The Morgan fingerprint density at radius 3 is 1.79 bits per heavy atom. The van der Waals surface area contributed by atoms with Crippen molar-refractivity contribution >= 4 is 11.8 Å². The quantitative estimate of drug-likeness (QED) is 0.307. The van der Waals surface area contributed by atoms with Gasteiger partial charge >= 0.3 is 0 Å². The molecular weight excluding hydrogens is 422 g/mol. The van der Waals surface area contributed by atoms with Gasteiger partial charge in [-0.05, 0) is 37.1 Å². The van der Waals surface area contributed by atoms with Crippen LogP contribution in [0.4, 0.5) is 0 Å². The molecule has 4 bridgehead atoms. The molecule has 8 heteroatoms. The van der Waals surface area contributed by atoms with Crippen molar-refractivity contribution in [3.8, 4) is 0 Å². The van der Waals surface area contributed by atoms with E-state index in [1.165, 1.54) is 10.5 Å². The smallest absolute Gasteiger partial charge is 0.261 e. The molecular formula is C20H26BrN5O2. The van der Waals surface area contributed by atoms with Crippen LogP contribution in [-0.2, 0) is 0 Å². The van der Waals surface area contributed by atoms with Gasteiger partial charge in [0.15, 0.2) is 0 Å². The summed E-state index contributed by atoms with van der Waals surface area (Å²) in [4.78, 5) is 34.2. The highest BCUT2D eigenvalue weighted by Crippen LogP contribution is 2.30. The molecule has 150 valence electrons. The molecule has 4 fully saturated rings. The Morgan fingerprint density at radius 1 is 0.857 bits per heavy atom. The summed E-state index contributed by atoms with van der Waals surface area (Å²) in [6.45, 7) is 12.1. The molecule has 0 radical (unpaired) electrons. The van der Waals surface area contributed by atoms with E-state index in [1.807, 2.05) is 12.1 Å². The number of amides is 2. The van der Waals surface area contributed by atoms with Gasteiger partial charge in [0, 0.05) is 0 Å². The Kier molecular flexibility index (Phi) is 4.96. The molecule has 0 aliphatic carbocycles. The molecule has 28 heavy (non-hydrogen) atoms. The van der Waals surface area contributed by atoms with Gasteiger partial charge in [0.25, 0.3) is 11.8 Å². The lowest BCUT2D eigenvalue weighted by Crippen LogP contribution is -3.00. The van der Waals surface area contributed by atoms with E-state index in [4.69, 9.17) is 0 Å². The first-order chi connectivity index (χ1) is 12.9. The standard InChI is InChI=1S/C20H26N5O2.BrH/c1-15(7-24-19(26)17-5-3-4-6-18(17)20(24)27)16(2)8-25-12-21-9-22(13-25)11-23(10-21)14-25;/h3-6H,7-14H2,1-2H3;1H/q+1;/p-1/b16-15+;. The number of imide groups is 1. The van der Waals surface area contributed by atoms with Crippen molar-refractivity contribution in [2.75, 3.05) is 53.1 Å². The average Bonchev–Trinajstić information content (AvgIpc) is 2.85. The van der Waals surface area contributed by atoms with E-state index in [1.54, 1.807) is 12.1 Å². The number of carbonyl (C=O) groups excluding carboxylic acids is 2. The molecule has 0 saturated carbocycles. The maximum absolute atomic E-state index is 12.6. The van der Waals surface area contributed by atoms with E-state index in [0.717, 1.165) is 56.6 Å². The summed E-state index contributed by atoms with van der Waals surface area (Å²) in [6, 6.07) is 7.11. The molecule has 0 spiro atoms. The first kappa shape index (κ1) is 19.7. The minimum atomic E-state index is -0.171. The Hall–Kier alpha value is -1.58. The largest absolute Gasteiger partial charge is 1.00 e. The van der Waals surface area contributed by atoms with Crippen molar-refractivity contribution in [3.63, 3.8) is 0 Å². The van der Waals surface area contributed by atoms with E-state index in [0.29, 0.717) is 17.7 Å².